The summed E-state index contributed by atoms with van der Waals surface area (Å²) in [6.45, 7) is 0.693. The van der Waals surface area contributed by atoms with Gasteiger partial charge in [0, 0.05) is 37.0 Å². The number of nitrogens with zero attached hydrogens (tertiary/aromatic N) is 3. The van der Waals surface area contributed by atoms with Gasteiger partial charge in [-0.15, -0.1) is 0 Å². The van der Waals surface area contributed by atoms with E-state index in [-0.39, 0.29) is 28.0 Å². The molecule has 0 spiro atoms. The second kappa shape index (κ2) is 7.56. The highest BCUT2D eigenvalue weighted by molar-refractivity contribution is 5.98. The van der Waals surface area contributed by atoms with E-state index >= 15 is 0 Å². The molecule has 35 heavy (non-hydrogen) atoms. The number of carbonyl (C=O) groups is 2. The Kier molecular flexibility index (Phi) is 4.67. The molecule has 3 heterocycles. The van der Waals surface area contributed by atoms with E-state index in [0.29, 0.717) is 31.1 Å². The fourth-order valence-electron chi connectivity index (χ4n) is 5.54. The Morgan fingerprint density at radius 2 is 1.89 bits per heavy atom. The third-order valence-corrected chi connectivity index (χ3v) is 7.21. The Bertz CT molecular complexity index is 1450. The van der Waals surface area contributed by atoms with Gasteiger partial charge in [-0.3, -0.25) is 19.1 Å². The van der Waals surface area contributed by atoms with Crippen LogP contribution in [-0.2, 0) is 0 Å². The number of halogens is 3. The predicted octanol–water partition coefficient (Wildman–Crippen LogP) is 3.01. The standard InChI is InChI=1S/C24H20F3N5O3/c25-13-7-16(26)19(17(27)8-13)32-11-15(22(34)30-24-4-3-12(9-24)10-24)20(33)14-1-2-18(29-21(14)32)31-6-5-28-23(31)35/h1-2,7-8,11-12H,3-6,9-10H2,(H,28,35)(H,30,34). The summed E-state index contributed by atoms with van der Waals surface area (Å²) >= 11 is 0. The summed E-state index contributed by atoms with van der Waals surface area (Å²) in [4.78, 5) is 44.3. The molecule has 8 nitrogen and oxygen atoms in total. The van der Waals surface area contributed by atoms with Crippen LogP contribution in [0, 0.1) is 23.4 Å². The number of rotatable bonds is 4. The fraction of sp³-hybridized carbons (Fsp3) is 0.333. The van der Waals surface area contributed by atoms with E-state index in [1.807, 2.05) is 0 Å². The van der Waals surface area contributed by atoms with Crippen LogP contribution < -0.4 is 21.0 Å². The molecular weight excluding hydrogens is 463 g/mol. The normalized spacial score (nSPS) is 22.9. The summed E-state index contributed by atoms with van der Waals surface area (Å²) < 4.78 is 44.2. The van der Waals surface area contributed by atoms with Gasteiger partial charge in [-0.05, 0) is 43.7 Å². The maximum atomic E-state index is 14.8. The van der Waals surface area contributed by atoms with E-state index in [4.69, 9.17) is 0 Å². The highest BCUT2D eigenvalue weighted by Gasteiger charge is 2.51. The van der Waals surface area contributed by atoms with E-state index in [2.05, 4.69) is 15.6 Å². The van der Waals surface area contributed by atoms with Crippen LogP contribution in [0.4, 0.5) is 23.8 Å². The summed E-state index contributed by atoms with van der Waals surface area (Å²) in [6.07, 6.45) is 4.53. The number of benzene rings is 1. The molecule has 2 aromatic heterocycles. The molecule has 1 aromatic carbocycles. The number of fused-ring (bicyclic) bond motifs is 2. The lowest BCUT2D eigenvalue weighted by molar-refractivity contribution is 0.0839. The van der Waals surface area contributed by atoms with Gasteiger partial charge in [0.05, 0.1) is 5.39 Å². The van der Waals surface area contributed by atoms with E-state index < -0.39 is 40.5 Å². The van der Waals surface area contributed by atoms with Crippen LogP contribution >= 0.6 is 0 Å². The van der Waals surface area contributed by atoms with Gasteiger partial charge < -0.3 is 10.6 Å². The lowest BCUT2D eigenvalue weighted by Crippen LogP contribution is -2.52. The second-order valence-electron chi connectivity index (χ2n) is 9.43. The van der Waals surface area contributed by atoms with Crippen molar-refractivity contribution in [1.29, 1.82) is 0 Å². The van der Waals surface area contributed by atoms with Crippen molar-refractivity contribution >= 4 is 28.8 Å². The topological polar surface area (TPSA) is 96.3 Å². The van der Waals surface area contributed by atoms with Crippen LogP contribution in [0.15, 0.2) is 35.3 Å². The van der Waals surface area contributed by atoms with Gasteiger partial charge in [-0.2, -0.15) is 0 Å². The molecule has 3 aromatic rings. The molecule has 180 valence electrons. The van der Waals surface area contributed by atoms with Crippen molar-refractivity contribution in [1.82, 2.24) is 20.2 Å². The molecule has 11 heteroatoms. The van der Waals surface area contributed by atoms with Gasteiger partial charge in [0.1, 0.15) is 22.9 Å². The third-order valence-electron chi connectivity index (χ3n) is 7.21. The van der Waals surface area contributed by atoms with Crippen LogP contribution in [0.25, 0.3) is 16.7 Å². The van der Waals surface area contributed by atoms with Crippen LogP contribution in [0.3, 0.4) is 0 Å². The number of amides is 3. The molecule has 4 aliphatic rings. The van der Waals surface area contributed by atoms with Gasteiger partial charge in [0.2, 0.25) is 5.43 Å². The van der Waals surface area contributed by atoms with Crippen molar-refractivity contribution < 1.29 is 22.8 Å². The first kappa shape index (κ1) is 21.6. The number of urea groups is 1. The summed E-state index contributed by atoms with van der Waals surface area (Å²) in [5.41, 5.74) is -2.18. The molecule has 0 unspecified atom stereocenters. The average molecular weight is 483 g/mol. The lowest BCUT2D eigenvalue weighted by Gasteiger charge is -2.39. The monoisotopic (exact) mass is 483 g/mol. The molecule has 0 radical (unpaired) electrons. The second-order valence-corrected chi connectivity index (χ2v) is 9.43. The molecule has 0 atom stereocenters. The molecule has 1 saturated heterocycles. The van der Waals surface area contributed by atoms with Crippen molar-refractivity contribution in [2.24, 2.45) is 5.92 Å². The van der Waals surface area contributed by atoms with Crippen molar-refractivity contribution in [2.45, 2.75) is 31.2 Å². The predicted molar refractivity (Wildman–Crippen MR) is 120 cm³/mol. The summed E-state index contributed by atoms with van der Waals surface area (Å²) in [5.74, 6) is -3.50. The molecule has 2 N–H and O–H groups in total. The minimum absolute atomic E-state index is 0.0699. The van der Waals surface area contributed by atoms with E-state index in [9.17, 15) is 27.6 Å². The SMILES string of the molecule is O=C(NC12CCC(C1)C2)c1cn(-c2c(F)cc(F)cc2F)c2nc(N3CCNC3=O)ccc2c1=O. The van der Waals surface area contributed by atoms with Crippen LogP contribution in [0.1, 0.15) is 36.0 Å². The molecule has 3 saturated carbocycles. The summed E-state index contributed by atoms with van der Waals surface area (Å²) in [5, 5.41) is 5.50. The molecule has 4 fully saturated rings. The maximum Gasteiger partial charge on any atom is 0.323 e. The van der Waals surface area contributed by atoms with Crippen molar-refractivity contribution in [3.8, 4) is 5.69 Å². The molecule has 2 bridgehead atoms. The summed E-state index contributed by atoms with van der Waals surface area (Å²) in [6, 6.07) is 3.41. The van der Waals surface area contributed by atoms with Crippen LogP contribution in [-0.4, -0.2) is 40.1 Å². The molecule has 7 rings (SSSR count). The number of carbonyl (C=O) groups excluding carboxylic acids is 2. The first-order valence-electron chi connectivity index (χ1n) is 11.3. The van der Waals surface area contributed by atoms with Crippen molar-refractivity contribution in [3.63, 3.8) is 0 Å². The largest absolute Gasteiger partial charge is 0.346 e. The zero-order chi connectivity index (χ0) is 24.5. The Balaban J connectivity index is 1.55. The Labute approximate surface area is 196 Å². The number of pyridine rings is 2. The number of hydrogen-bond donors (Lipinski definition) is 2. The van der Waals surface area contributed by atoms with E-state index in [0.717, 1.165) is 36.4 Å². The quantitative estimate of drug-likeness (QED) is 0.597. The van der Waals surface area contributed by atoms with Gasteiger partial charge in [-0.1, -0.05) is 0 Å². The van der Waals surface area contributed by atoms with Crippen molar-refractivity contribution in [3.05, 3.63) is 63.7 Å². The highest BCUT2D eigenvalue weighted by atomic mass is 19.1. The van der Waals surface area contributed by atoms with Gasteiger partial charge in [-0.25, -0.2) is 22.9 Å². The van der Waals surface area contributed by atoms with Crippen molar-refractivity contribution in [2.75, 3.05) is 18.0 Å². The molecule has 1 aliphatic heterocycles. The Hall–Kier alpha value is -3.89. The van der Waals surface area contributed by atoms with Gasteiger partial charge >= 0.3 is 6.03 Å². The maximum absolute atomic E-state index is 14.8. The minimum atomic E-state index is -1.24. The number of hydrogen-bond acceptors (Lipinski definition) is 4. The first-order chi connectivity index (χ1) is 16.7. The van der Waals surface area contributed by atoms with Gasteiger partial charge in [0.15, 0.2) is 17.3 Å². The van der Waals surface area contributed by atoms with E-state index in [1.165, 1.54) is 17.0 Å². The Morgan fingerprint density at radius 3 is 2.51 bits per heavy atom. The zero-order valence-electron chi connectivity index (χ0n) is 18.4. The molecular formula is C24H20F3N5O3. The fourth-order valence-corrected chi connectivity index (χ4v) is 5.54. The smallest absolute Gasteiger partial charge is 0.323 e. The average Bonchev–Trinajstić information content (AvgIpc) is 3.50. The van der Waals surface area contributed by atoms with E-state index in [1.54, 1.807) is 0 Å². The zero-order valence-corrected chi connectivity index (χ0v) is 18.4. The molecule has 3 amide bonds. The minimum Gasteiger partial charge on any atom is -0.346 e. The highest BCUT2D eigenvalue weighted by Crippen LogP contribution is 2.51. The number of anilines is 1. The lowest BCUT2D eigenvalue weighted by atomic mass is 9.77. The number of nitrogens with one attached hydrogen (secondary N) is 2. The third kappa shape index (κ3) is 3.36. The van der Waals surface area contributed by atoms with Gasteiger partial charge in [0.25, 0.3) is 5.91 Å². The summed E-state index contributed by atoms with van der Waals surface area (Å²) in [7, 11) is 0. The van der Waals surface area contributed by atoms with Crippen LogP contribution in [0.2, 0.25) is 0 Å². The first-order valence-corrected chi connectivity index (χ1v) is 11.3. The number of aromatic nitrogens is 2. The molecule has 3 aliphatic carbocycles. The van der Waals surface area contributed by atoms with Crippen LogP contribution in [0.5, 0.6) is 0 Å². The Morgan fingerprint density at radius 1 is 1.14 bits per heavy atom.